The van der Waals surface area contributed by atoms with Crippen molar-refractivity contribution >= 4 is 46.3 Å². The first-order valence-corrected chi connectivity index (χ1v) is 12.9. The van der Waals surface area contributed by atoms with Crippen molar-refractivity contribution < 1.29 is 14.3 Å². The van der Waals surface area contributed by atoms with Crippen LogP contribution in [0.25, 0.3) is 11.2 Å². The van der Waals surface area contributed by atoms with Crippen LogP contribution in [0.3, 0.4) is 0 Å². The average molecular weight is 527 g/mol. The van der Waals surface area contributed by atoms with E-state index >= 15 is 0 Å². The fraction of sp³-hybridized carbons (Fsp3) is 0.480. The first-order valence-electron chi connectivity index (χ1n) is 12.5. The largest absolute Gasteiger partial charge is 0.391 e. The Morgan fingerprint density at radius 2 is 1.95 bits per heavy atom. The Morgan fingerprint density at radius 3 is 2.62 bits per heavy atom. The van der Waals surface area contributed by atoms with E-state index in [1.54, 1.807) is 6.20 Å². The van der Waals surface area contributed by atoms with Crippen molar-refractivity contribution in [3.63, 3.8) is 0 Å². The summed E-state index contributed by atoms with van der Waals surface area (Å²) in [7, 11) is 0. The van der Waals surface area contributed by atoms with Crippen molar-refractivity contribution in [2.75, 3.05) is 10.6 Å². The molecule has 2 aliphatic carbocycles. The molecule has 0 aliphatic heterocycles. The minimum Gasteiger partial charge on any atom is -0.391 e. The molecule has 2 atom stereocenters. The summed E-state index contributed by atoms with van der Waals surface area (Å²) in [5, 5.41) is 25.8. The van der Waals surface area contributed by atoms with E-state index in [1.165, 1.54) is 6.07 Å². The third kappa shape index (κ3) is 5.17. The van der Waals surface area contributed by atoms with Crippen LogP contribution >= 0.6 is 11.6 Å². The van der Waals surface area contributed by atoms with Crippen LogP contribution in [0.4, 0.5) is 22.0 Å². The molecule has 2 fully saturated rings. The van der Waals surface area contributed by atoms with Crippen LogP contribution in [0, 0.1) is 23.1 Å². The van der Waals surface area contributed by atoms with Gasteiger partial charge in [0.15, 0.2) is 5.65 Å². The number of carbonyl (C=O) groups excluding carboxylic acids is 1. The summed E-state index contributed by atoms with van der Waals surface area (Å²) in [5.74, 6) is -0.474. The fourth-order valence-electron chi connectivity index (χ4n) is 5.33. The Kier molecular flexibility index (Phi) is 7.13. The van der Waals surface area contributed by atoms with E-state index in [4.69, 9.17) is 27.6 Å². The van der Waals surface area contributed by atoms with Crippen LogP contribution in [0.15, 0.2) is 18.3 Å². The van der Waals surface area contributed by atoms with E-state index in [1.807, 2.05) is 10.6 Å². The highest BCUT2D eigenvalue weighted by atomic mass is 35.5. The SMILES string of the molecule is N#Cc1cc(F)c(Nc2nc3cnc(NC4CCCCC4O)nc3n2C2CCC(C(N)=O)CC2)c(Cl)c1. The van der Waals surface area contributed by atoms with Crippen molar-refractivity contribution in [3.05, 3.63) is 34.7 Å². The Bertz CT molecular complexity index is 1340. The van der Waals surface area contributed by atoms with Crippen molar-refractivity contribution in [2.24, 2.45) is 11.7 Å². The smallest absolute Gasteiger partial charge is 0.225 e. The number of benzene rings is 1. The standard InChI is InChI=1S/C25H28ClFN8O2/c26-16-9-13(11-28)10-17(27)21(16)33-25-32-19-12-30-24(31-18-3-1-2-4-20(18)36)34-23(19)35(25)15-7-5-14(6-8-15)22(29)37/h9-10,12,14-15,18,20,36H,1-8H2,(H2,29,37)(H,32,33)(H,30,31,34). The van der Waals surface area contributed by atoms with Gasteiger partial charge in [-0.1, -0.05) is 24.4 Å². The summed E-state index contributed by atoms with van der Waals surface area (Å²) in [6, 6.07) is 4.16. The molecule has 2 aromatic heterocycles. The number of nitrogens with one attached hydrogen (secondary N) is 2. The van der Waals surface area contributed by atoms with Crippen LogP contribution in [0.2, 0.25) is 5.02 Å². The highest BCUT2D eigenvalue weighted by Crippen LogP contribution is 2.38. The number of nitriles is 1. The number of primary amides is 1. The lowest BCUT2D eigenvalue weighted by Crippen LogP contribution is -2.36. The van der Waals surface area contributed by atoms with Gasteiger partial charge in [-0.3, -0.25) is 9.36 Å². The molecule has 2 unspecified atom stereocenters. The number of hydrogen-bond donors (Lipinski definition) is 4. The molecule has 5 N–H and O–H groups in total. The molecule has 5 rings (SSSR count). The monoisotopic (exact) mass is 526 g/mol. The predicted molar refractivity (Wildman–Crippen MR) is 137 cm³/mol. The number of aromatic nitrogens is 4. The van der Waals surface area contributed by atoms with Crippen molar-refractivity contribution in [2.45, 2.75) is 69.6 Å². The van der Waals surface area contributed by atoms with Gasteiger partial charge in [0.1, 0.15) is 11.3 Å². The normalized spacial score (nSPS) is 23.9. The van der Waals surface area contributed by atoms with Gasteiger partial charge in [0, 0.05) is 12.0 Å². The molecule has 1 aromatic carbocycles. The molecule has 2 heterocycles. The average Bonchev–Trinajstić information content (AvgIpc) is 3.24. The first-order chi connectivity index (χ1) is 17.8. The molecule has 0 spiro atoms. The highest BCUT2D eigenvalue weighted by molar-refractivity contribution is 6.33. The summed E-state index contributed by atoms with van der Waals surface area (Å²) < 4.78 is 16.8. The second kappa shape index (κ2) is 10.5. The van der Waals surface area contributed by atoms with Crippen molar-refractivity contribution in [1.82, 2.24) is 19.5 Å². The van der Waals surface area contributed by atoms with Crippen LogP contribution in [-0.2, 0) is 4.79 Å². The summed E-state index contributed by atoms with van der Waals surface area (Å²) in [6.45, 7) is 0. The van der Waals surface area contributed by atoms with Gasteiger partial charge in [-0.2, -0.15) is 10.2 Å². The number of imidazole rings is 1. The van der Waals surface area contributed by atoms with Gasteiger partial charge < -0.3 is 21.5 Å². The summed E-state index contributed by atoms with van der Waals surface area (Å²) in [5.41, 5.74) is 6.68. The van der Waals surface area contributed by atoms with E-state index in [0.717, 1.165) is 31.7 Å². The second-order valence-corrected chi connectivity index (χ2v) is 10.2. The summed E-state index contributed by atoms with van der Waals surface area (Å²) in [6.07, 6.45) is 7.23. The van der Waals surface area contributed by atoms with Gasteiger partial charge in [0.05, 0.1) is 40.7 Å². The van der Waals surface area contributed by atoms with E-state index in [9.17, 15) is 14.3 Å². The van der Waals surface area contributed by atoms with Gasteiger partial charge in [-0.25, -0.2) is 14.4 Å². The van der Waals surface area contributed by atoms with Gasteiger partial charge in [-0.05, 0) is 50.7 Å². The minimum absolute atomic E-state index is 0.000296. The maximum atomic E-state index is 14.9. The molecule has 2 saturated carbocycles. The van der Waals surface area contributed by atoms with Crippen molar-refractivity contribution in [1.29, 1.82) is 5.26 Å². The number of nitrogens with zero attached hydrogens (tertiary/aromatic N) is 5. The molecule has 194 valence electrons. The Labute approximate surface area is 218 Å². The van der Waals surface area contributed by atoms with Crippen LogP contribution in [0.1, 0.15) is 63.0 Å². The number of amides is 1. The van der Waals surface area contributed by atoms with Gasteiger partial charge in [0.2, 0.25) is 17.8 Å². The molecular formula is C25H28ClFN8O2. The van der Waals surface area contributed by atoms with Gasteiger partial charge >= 0.3 is 0 Å². The topological polar surface area (TPSA) is 155 Å². The Balaban J connectivity index is 1.53. The van der Waals surface area contributed by atoms with E-state index in [-0.39, 0.29) is 40.2 Å². The molecule has 2 aliphatic rings. The molecule has 12 heteroatoms. The molecular weight excluding hydrogens is 499 g/mol. The zero-order valence-corrected chi connectivity index (χ0v) is 20.9. The molecule has 37 heavy (non-hydrogen) atoms. The fourth-order valence-corrected chi connectivity index (χ4v) is 5.58. The minimum atomic E-state index is -0.681. The number of carbonyl (C=O) groups is 1. The maximum Gasteiger partial charge on any atom is 0.225 e. The lowest BCUT2D eigenvalue weighted by molar-refractivity contribution is -0.122. The number of aliphatic hydroxyl groups is 1. The van der Waals surface area contributed by atoms with Crippen LogP contribution in [0.5, 0.6) is 0 Å². The quantitative estimate of drug-likeness (QED) is 0.373. The maximum absolute atomic E-state index is 14.9. The summed E-state index contributed by atoms with van der Waals surface area (Å²) >= 11 is 6.30. The Hall–Kier alpha value is -3.49. The number of rotatable bonds is 6. The van der Waals surface area contributed by atoms with Crippen LogP contribution in [-0.4, -0.2) is 42.7 Å². The molecule has 3 aromatic rings. The van der Waals surface area contributed by atoms with Crippen LogP contribution < -0.4 is 16.4 Å². The number of aliphatic hydroxyl groups excluding tert-OH is 1. The zero-order valence-electron chi connectivity index (χ0n) is 20.1. The summed E-state index contributed by atoms with van der Waals surface area (Å²) in [4.78, 5) is 25.5. The zero-order chi connectivity index (χ0) is 26.1. The van der Waals surface area contributed by atoms with E-state index in [0.29, 0.717) is 48.7 Å². The molecule has 10 nitrogen and oxygen atoms in total. The number of hydrogen-bond acceptors (Lipinski definition) is 8. The predicted octanol–water partition coefficient (Wildman–Crippen LogP) is 4.17. The molecule has 0 radical (unpaired) electrons. The third-order valence-corrected chi connectivity index (χ3v) is 7.65. The number of nitrogens with two attached hydrogens (primary N) is 1. The molecule has 0 bridgehead atoms. The van der Waals surface area contributed by atoms with Crippen molar-refractivity contribution in [3.8, 4) is 6.07 Å². The Morgan fingerprint density at radius 1 is 1.19 bits per heavy atom. The number of anilines is 3. The van der Waals surface area contributed by atoms with Gasteiger partial charge in [0.25, 0.3) is 0 Å². The second-order valence-electron chi connectivity index (χ2n) is 9.77. The lowest BCUT2D eigenvalue weighted by Gasteiger charge is -2.29. The van der Waals surface area contributed by atoms with Gasteiger partial charge in [-0.15, -0.1) is 0 Å². The number of halogens is 2. The first kappa shape index (κ1) is 25.2. The highest BCUT2D eigenvalue weighted by Gasteiger charge is 2.30. The third-order valence-electron chi connectivity index (χ3n) is 7.35. The molecule has 0 saturated heterocycles. The molecule has 1 amide bonds. The lowest BCUT2D eigenvalue weighted by atomic mass is 9.85. The number of fused-ring (bicyclic) bond motifs is 1. The van der Waals surface area contributed by atoms with E-state index in [2.05, 4.69) is 20.6 Å². The van der Waals surface area contributed by atoms with E-state index < -0.39 is 11.9 Å².